The van der Waals surface area contributed by atoms with Gasteiger partial charge in [-0.2, -0.15) is 0 Å². The summed E-state index contributed by atoms with van der Waals surface area (Å²) < 4.78 is 12.0. The van der Waals surface area contributed by atoms with E-state index >= 15 is 0 Å². The predicted octanol–water partition coefficient (Wildman–Crippen LogP) is 4.17. The highest BCUT2D eigenvalue weighted by molar-refractivity contribution is 5.64. The molecule has 0 bridgehead atoms. The van der Waals surface area contributed by atoms with E-state index in [1.54, 1.807) is 6.20 Å². The third-order valence-electron chi connectivity index (χ3n) is 5.85. The summed E-state index contributed by atoms with van der Waals surface area (Å²) in [6, 6.07) is 19.8. The molecule has 1 saturated heterocycles. The first-order valence-electron chi connectivity index (χ1n) is 10.4. The lowest BCUT2D eigenvalue weighted by atomic mass is 9.94. The largest absolute Gasteiger partial charge is 0.490 e. The average Bonchev–Trinajstić information content (AvgIpc) is 2.73. The number of nitrogens with zero attached hydrogens (tertiary/aromatic N) is 1. The lowest BCUT2D eigenvalue weighted by Crippen LogP contribution is -2.46. The van der Waals surface area contributed by atoms with Crippen molar-refractivity contribution in [1.29, 1.82) is 0 Å². The first-order chi connectivity index (χ1) is 14.3. The van der Waals surface area contributed by atoms with Crippen molar-refractivity contribution in [3.05, 3.63) is 83.7 Å². The van der Waals surface area contributed by atoms with E-state index in [2.05, 4.69) is 64.9 Å². The van der Waals surface area contributed by atoms with Crippen LogP contribution in [-0.4, -0.2) is 30.3 Å². The molecule has 148 valence electrons. The maximum Gasteiger partial charge on any atom is 0.138 e. The molecule has 2 atom stereocenters. The van der Waals surface area contributed by atoms with Crippen LogP contribution in [0, 0.1) is 0 Å². The summed E-state index contributed by atoms with van der Waals surface area (Å²) in [5.74, 6) is 0.828. The lowest BCUT2D eigenvalue weighted by molar-refractivity contribution is 0.0290. The SMILES string of the molecule is c1cc(C[C@@H]2Cc3ccccc3CO2)cc(-c2cncc(OC[C@@H]3CCN3)c2)c1. The van der Waals surface area contributed by atoms with Gasteiger partial charge in [0.15, 0.2) is 0 Å². The van der Waals surface area contributed by atoms with Crippen molar-refractivity contribution >= 4 is 0 Å². The van der Waals surface area contributed by atoms with E-state index in [1.165, 1.54) is 28.7 Å². The Morgan fingerprint density at radius 2 is 1.90 bits per heavy atom. The number of ether oxygens (including phenoxy) is 2. The van der Waals surface area contributed by atoms with Crippen molar-refractivity contribution in [1.82, 2.24) is 10.3 Å². The van der Waals surface area contributed by atoms with Gasteiger partial charge in [0.25, 0.3) is 0 Å². The van der Waals surface area contributed by atoms with Gasteiger partial charge < -0.3 is 14.8 Å². The zero-order valence-electron chi connectivity index (χ0n) is 16.5. The van der Waals surface area contributed by atoms with E-state index in [0.29, 0.717) is 19.3 Å². The molecule has 0 spiro atoms. The van der Waals surface area contributed by atoms with E-state index in [0.717, 1.165) is 30.7 Å². The molecular formula is C25H26N2O2. The monoisotopic (exact) mass is 386 g/mol. The zero-order valence-corrected chi connectivity index (χ0v) is 16.5. The van der Waals surface area contributed by atoms with Gasteiger partial charge in [0.05, 0.1) is 18.9 Å². The first kappa shape index (κ1) is 18.3. The van der Waals surface area contributed by atoms with E-state index in [4.69, 9.17) is 9.47 Å². The van der Waals surface area contributed by atoms with Crippen LogP contribution in [0.1, 0.15) is 23.1 Å². The summed E-state index contributed by atoms with van der Waals surface area (Å²) in [5, 5.41) is 3.36. The van der Waals surface area contributed by atoms with Gasteiger partial charge in [0.2, 0.25) is 0 Å². The Bertz CT molecular complexity index is 984. The third kappa shape index (κ3) is 4.34. The molecule has 29 heavy (non-hydrogen) atoms. The molecule has 0 unspecified atom stereocenters. The number of benzene rings is 2. The number of fused-ring (bicyclic) bond motifs is 1. The Labute approximate surface area is 171 Å². The van der Waals surface area contributed by atoms with Crippen LogP contribution >= 0.6 is 0 Å². The zero-order chi connectivity index (χ0) is 19.5. The number of rotatable bonds is 6. The fraction of sp³-hybridized carbons (Fsp3) is 0.320. The third-order valence-corrected chi connectivity index (χ3v) is 5.85. The second-order valence-corrected chi connectivity index (χ2v) is 7.97. The van der Waals surface area contributed by atoms with Gasteiger partial charge >= 0.3 is 0 Å². The molecule has 5 rings (SSSR count). The van der Waals surface area contributed by atoms with E-state index in [1.807, 2.05) is 6.20 Å². The molecule has 0 saturated carbocycles. The minimum absolute atomic E-state index is 0.225. The molecular weight excluding hydrogens is 360 g/mol. The molecule has 1 fully saturated rings. The minimum atomic E-state index is 0.225. The maximum atomic E-state index is 6.11. The van der Waals surface area contributed by atoms with Gasteiger partial charge in [-0.25, -0.2) is 0 Å². The van der Waals surface area contributed by atoms with Crippen LogP contribution in [0.15, 0.2) is 67.0 Å². The van der Waals surface area contributed by atoms with Crippen molar-refractivity contribution < 1.29 is 9.47 Å². The summed E-state index contributed by atoms with van der Waals surface area (Å²) in [5.41, 5.74) is 6.27. The summed E-state index contributed by atoms with van der Waals surface area (Å²) in [6.45, 7) is 2.50. The van der Waals surface area contributed by atoms with Crippen molar-refractivity contribution in [3.8, 4) is 16.9 Å². The van der Waals surface area contributed by atoms with Crippen LogP contribution in [0.2, 0.25) is 0 Å². The molecule has 1 N–H and O–H groups in total. The smallest absolute Gasteiger partial charge is 0.138 e. The van der Waals surface area contributed by atoms with Crippen LogP contribution in [0.5, 0.6) is 5.75 Å². The number of hydrogen-bond acceptors (Lipinski definition) is 4. The highest BCUT2D eigenvalue weighted by Gasteiger charge is 2.19. The number of hydrogen-bond donors (Lipinski definition) is 1. The Kier molecular flexibility index (Phi) is 5.29. The molecule has 2 aliphatic rings. The van der Waals surface area contributed by atoms with Crippen molar-refractivity contribution in [2.24, 2.45) is 0 Å². The van der Waals surface area contributed by atoms with Crippen LogP contribution < -0.4 is 10.1 Å². The number of aromatic nitrogens is 1. The van der Waals surface area contributed by atoms with Crippen molar-refractivity contribution in [2.45, 2.75) is 38.0 Å². The lowest BCUT2D eigenvalue weighted by Gasteiger charge is -2.27. The summed E-state index contributed by atoms with van der Waals surface area (Å²) in [6.07, 6.45) is 6.99. The fourth-order valence-corrected chi connectivity index (χ4v) is 4.02. The van der Waals surface area contributed by atoms with Crippen molar-refractivity contribution in [2.75, 3.05) is 13.2 Å². The quantitative estimate of drug-likeness (QED) is 0.690. The molecule has 2 aromatic carbocycles. The summed E-state index contributed by atoms with van der Waals surface area (Å²) in [7, 11) is 0. The summed E-state index contributed by atoms with van der Waals surface area (Å²) in [4.78, 5) is 4.38. The molecule has 1 aromatic heterocycles. The fourth-order valence-electron chi connectivity index (χ4n) is 4.02. The maximum absolute atomic E-state index is 6.11. The average molecular weight is 386 g/mol. The van der Waals surface area contributed by atoms with Gasteiger partial charge in [-0.1, -0.05) is 48.5 Å². The minimum Gasteiger partial charge on any atom is -0.490 e. The van der Waals surface area contributed by atoms with E-state index in [-0.39, 0.29) is 6.10 Å². The van der Waals surface area contributed by atoms with Crippen LogP contribution in [0.3, 0.4) is 0 Å². The number of pyridine rings is 1. The molecule has 2 aliphatic heterocycles. The van der Waals surface area contributed by atoms with E-state index < -0.39 is 0 Å². The number of nitrogens with one attached hydrogen (secondary N) is 1. The van der Waals surface area contributed by atoms with Crippen molar-refractivity contribution in [3.63, 3.8) is 0 Å². The first-order valence-corrected chi connectivity index (χ1v) is 10.4. The molecule has 3 heterocycles. The second-order valence-electron chi connectivity index (χ2n) is 7.97. The summed E-state index contributed by atoms with van der Waals surface area (Å²) >= 11 is 0. The molecule has 0 radical (unpaired) electrons. The Hall–Kier alpha value is -2.69. The van der Waals surface area contributed by atoms with Gasteiger partial charge in [-0.05, 0) is 54.1 Å². The highest BCUT2D eigenvalue weighted by Crippen LogP contribution is 2.26. The Morgan fingerprint density at radius 3 is 2.76 bits per heavy atom. The molecule has 4 nitrogen and oxygen atoms in total. The molecule has 3 aromatic rings. The Balaban J connectivity index is 1.27. The Morgan fingerprint density at radius 1 is 1.00 bits per heavy atom. The van der Waals surface area contributed by atoms with Gasteiger partial charge in [-0.3, -0.25) is 4.98 Å². The normalized spacial score (nSPS) is 20.6. The van der Waals surface area contributed by atoms with Crippen LogP contribution in [0.25, 0.3) is 11.1 Å². The topological polar surface area (TPSA) is 43.4 Å². The van der Waals surface area contributed by atoms with Gasteiger partial charge in [-0.15, -0.1) is 0 Å². The molecule has 4 heteroatoms. The second kappa shape index (κ2) is 8.36. The van der Waals surface area contributed by atoms with Gasteiger partial charge in [0.1, 0.15) is 12.4 Å². The van der Waals surface area contributed by atoms with Crippen LogP contribution in [0.4, 0.5) is 0 Å². The van der Waals surface area contributed by atoms with Gasteiger partial charge in [0, 0.05) is 17.8 Å². The van der Waals surface area contributed by atoms with Crippen LogP contribution in [-0.2, 0) is 24.2 Å². The molecule has 0 amide bonds. The molecule has 0 aliphatic carbocycles. The predicted molar refractivity (Wildman–Crippen MR) is 114 cm³/mol. The standard InChI is InChI=1S/C25H26N2O2/c1-2-6-21-16-28-24(12-20(21)5-1)11-18-4-3-7-19(10-18)22-13-25(15-26-14-22)29-17-23-8-9-27-23/h1-7,10,13-15,23-24,27H,8-9,11-12,16-17H2/t23-,24+/m0/s1. The van der Waals surface area contributed by atoms with E-state index in [9.17, 15) is 0 Å². The highest BCUT2D eigenvalue weighted by atomic mass is 16.5.